The standard InChI is InChI=1S/C20H25N5O4/c1-24(2)20-22-10-15(13-5-4-6-14(9-13)19(21)27)18(23-20)16-11-25(7-8-29-16)17(26)12-28-3/h4-6,9-10,16H,7-8,11-12H2,1-3H3,(H2,21,27)/t16-/m0/s1. The minimum atomic E-state index is -0.510. The number of hydrogen-bond donors (Lipinski definition) is 1. The highest BCUT2D eigenvalue weighted by Gasteiger charge is 2.29. The Labute approximate surface area is 169 Å². The predicted octanol–water partition coefficient (Wildman–Crippen LogP) is 0.855. The number of anilines is 1. The molecule has 3 rings (SSSR count). The van der Waals surface area contributed by atoms with Crippen LogP contribution in [0.4, 0.5) is 5.95 Å². The van der Waals surface area contributed by atoms with Crippen LogP contribution < -0.4 is 10.6 Å². The zero-order valence-electron chi connectivity index (χ0n) is 16.8. The number of hydrogen-bond acceptors (Lipinski definition) is 7. The fourth-order valence-corrected chi connectivity index (χ4v) is 3.16. The van der Waals surface area contributed by atoms with Crippen molar-refractivity contribution >= 4 is 17.8 Å². The maximum Gasteiger partial charge on any atom is 0.248 e. The van der Waals surface area contributed by atoms with Gasteiger partial charge in [0.25, 0.3) is 0 Å². The average molecular weight is 399 g/mol. The van der Waals surface area contributed by atoms with Gasteiger partial charge in [-0.1, -0.05) is 12.1 Å². The van der Waals surface area contributed by atoms with Crippen molar-refractivity contribution in [2.45, 2.75) is 6.10 Å². The van der Waals surface area contributed by atoms with Crippen LogP contribution in [0.25, 0.3) is 11.1 Å². The zero-order chi connectivity index (χ0) is 21.0. The van der Waals surface area contributed by atoms with Gasteiger partial charge in [-0.3, -0.25) is 9.59 Å². The van der Waals surface area contributed by atoms with Crippen LogP contribution in [0.5, 0.6) is 0 Å². The molecule has 0 saturated carbocycles. The van der Waals surface area contributed by atoms with E-state index in [9.17, 15) is 9.59 Å². The Kier molecular flexibility index (Phi) is 6.40. The van der Waals surface area contributed by atoms with Crippen molar-refractivity contribution in [3.05, 3.63) is 41.7 Å². The van der Waals surface area contributed by atoms with E-state index in [1.54, 1.807) is 34.2 Å². The topological polar surface area (TPSA) is 111 Å². The maximum absolute atomic E-state index is 12.3. The molecule has 1 aromatic carbocycles. The van der Waals surface area contributed by atoms with Gasteiger partial charge in [-0.25, -0.2) is 9.97 Å². The lowest BCUT2D eigenvalue weighted by Gasteiger charge is -2.33. The lowest BCUT2D eigenvalue weighted by atomic mass is 9.99. The van der Waals surface area contributed by atoms with E-state index in [2.05, 4.69) is 4.98 Å². The van der Waals surface area contributed by atoms with Crippen LogP contribution in [-0.2, 0) is 14.3 Å². The number of benzene rings is 1. The maximum atomic E-state index is 12.3. The normalized spacial score (nSPS) is 16.5. The molecule has 1 fully saturated rings. The molecule has 29 heavy (non-hydrogen) atoms. The van der Waals surface area contributed by atoms with Crippen LogP contribution in [0.3, 0.4) is 0 Å². The fraction of sp³-hybridized carbons (Fsp3) is 0.400. The summed E-state index contributed by atoms with van der Waals surface area (Å²) in [6.07, 6.45) is 1.27. The second-order valence-electron chi connectivity index (χ2n) is 6.94. The lowest BCUT2D eigenvalue weighted by Crippen LogP contribution is -2.44. The number of morpholine rings is 1. The van der Waals surface area contributed by atoms with Crippen molar-refractivity contribution in [3.63, 3.8) is 0 Å². The Bertz CT molecular complexity index is 902. The second-order valence-corrected chi connectivity index (χ2v) is 6.94. The number of aromatic nitrogens is 2. The van der Waals surface area contributed by atoms with Gasteiger partial charge in [0.1, 0.15) is 12.7 Å². The molecular formula is C20H25N5O4. The number of carbonyl (C=O) groups is 2. The largest absolute Gasteiger partial charge is 0.375 e. The molecule has 9 heteroatoms. The van der Waals surface area contributed by atoms with Crippen LogP contribution in [0.1, 0.15) is 22.2 Å². The van der Waals surface area contributed by atoms with Crippen molar-refractivity contribution in [3.8, 4) is 11.1 Å². The molecule has 0 spiro atoms. The molecule has 2 heterocycles. The summed E-state index contributed by atoms with van der Waals surface area (Å²) in [5.41, 5.74) is 7.96. The van der Waals surface area contributed by atoms with Gasteiger partial charge in [-0.05, 0) is 17.7 Å². The predicted molar refractivity (Wildman–Crippen MR) is 107 cm³/mol. The molecular weight excluding hydrogens is 374 g/mol. The number of rotatable bonds is 6. The zero-order valence-corrected chi connectivity index (χ0v) is 16.8. The van der Waals surface area contributed by atoms with E-state index in [-0.39, 0.29) is 12.5 Å². The van der Waals surface area contributed by atoms with Gasteiger partial charge in [0, 0.05) is 45.1 Å². The number of carbonyl (C=O) groups excluding carboxylic acids is 2. The van der Waals surface area contributed by atoms with Gasteiger partial charge in [-0.2, -0.15) is 0 Å². The molecule has 2 amide bonds. The van der Waals surface area contributed by atoms with Gasteiger partial charge in [0.15, 0.2) is 0 Å². The van der Waals surface area contributed by atoms with Crippen molar-refractivity contribution in [2.24, 2.45) is 5.73 Å². The number of ether oxygens (including phenoxy) is 2. The molecule has 1 aliphatic rings. The highest BCUT2D eigenvalue weighted by molar-refractivity contribution is 5.94. The van der Waals surface area contributed by atoms with Gasteiger partial charge < -0.3 is 25.0 Å². The molecule has 1 aliphatic heterocycles. The van der Waals surface area contributed by atoms with Crippen LogP contribution in [-0.4, -0.2) is 74.2 Å². The van der Waals surface area contributed by atoms with E-state index in [1.165, 1.54) is 7.11 Å². The van der Waals surface area contributed by atoms with Crippen LogP contribution in [0.15, 0.2) is 30.5 Å². The molecule has 0 radical (unpaired) electrons. The summed E-state index contributed by atoms with van der Waals surface area (Å²) in [5.74, 6) is -0.0804. The van der Waals surface area contributed by atoms with E-state index in [4.69, 9.17) is 20.2 Å². The molecule has 1 saturated heterocycles. The number of primary amides is 1. The first kappa shape index (κ1) is 20.7. The first-order valence-electron chi connectivity index (χ1n) is 9.23. The average Bonchev–Trinajstić information content (AvgIpc) is 2.73. The number of methoxy groups -OCH3 is 1. The Morgan fingerprint density at radius 3 is 2.86 bits per heavy atom. The fourth-order valence-electron chi connectivity index (χ4n) is 3.16. The van der Waals surface area contributed by atoms with Crippen molar-refractivity contribution in [1.29, 1.82) is 0 Å². The van der Waals surface area contributed by atoms with E-state index < -0.39 is 12.0 Å². The molecule has 2 N–H and O–H groups in total. The molecule has 2 aromatic rings. The Hall–Kier alpha value is -3.04. The molecule has 0 bridgehead atoms. The SMILES string of the molecule is COCC(=O)N1CCO[C@H](c2nc(N(C)C)ncc2-c2cccc(C(N)=O)c2)C1. The van der Waals surface area contributed by atoms with Crippen LogP contribution in [0, 0.1) is 0 Å². The lowest BCUT2D eigenvalue weighted by molar-refractivity contribution is -0.143. The third-order valence-electron chi connectivity index (χ3n) is 4.66. The molecule has 0 unspecified atom stereocenters. The third-order valence-corrected chi connectivity index (χ3v) is 4.66. The second kappa shape index (κ2) is 8.97. The smallest absolute Gasteiger partial charge is 0.248 e. The van der Waals surface area contributed by atoms with Crippen LogP contribution >= 0.6 is 0 Å². The van der Waals surface area contributed by atoms with Gasteiger partial charge >= 0.3 is 0 Å². The molecule has 1 aromatic heterocycles. The molecule has 154 valence electrons. The molecule has 9 nitrogen and oxygen atoms in total. The van der Waals surface area contributed by atoms with E-state index >= 15 is 0 Å². The summed E-state index contributed by atoms with van der Waals surface area (Å²) < 4.78 is 10.9. The Morgan fingerprint density at radius 2 is 2.17 bits per heavy atom. The van der Waals surface area contributed by atoms with Gasteiger partial charge in [0.2, 0.25) is 17.8 Å². The van der Waals surface area contributed by atoms with Gasteiger partial charge in [-0.15, -0.1) is 0 Å². The highest BCUT2D eigenvalue weighted by atomic mass is 16.5. The van der Waals surface area contributed by atoms with Crippen LogP contribution in [0.2, 0.25) is 0 Å². The summed E-state index contributed by atoms with van der Waals surface area (Å²) in [6, 6.07) is 6.98. The first-order chi connectivity index (χ1) is 13.9. The minimum absolute atomic E-state index is 0.0208. The number of amides is 2. The summed E-state index contributed by atoms with van der Waals surface area (Å²) in [6.45, 7) is 1.26. The van der Waals surface area contributed by atoms with Crippen molar-refractivity contribution in [2.75, 3.05) is 52.4 Å². The number of nitrogens with zero attached hydrogens (tertiary/aromatic N) is 4. The minimum Gasteiger partial charge on any atom is -0.375 e. The van der Waals surface area contributed by atoms with E-state index in [0.717, 1.165) is 11.1 Å². The highest BCUT2D eigenvalue weighted by Crippen LogP contribution is 2.32. The van der Waals surface area contributed by atoms with E-state index in [1.807, 2.05) is 20.2 Å². The summed E-state index contributed by atoms with van der Waals surface area (Å²) in [7, 11) is 5.19. The molecule has 0 aliphatic carbocycles. The van der Waals surface area contributed by atoms with E-state index in [0.29, 0.717) is 36.9 Å². The van der Waals surface area contributed by atoms with Crippen molar-refractivity contribution in [1.82, 2.24) is 14.9 Å². The van der Waals surface area contributed by atoms with Gasteiger partial charge in [0.05, 0.1) is 18.8 Å². The Balaban J connectivity index is 2.02. The third kappa shape index (κ3) is 4.69. The molecule has 1 atom stereocenters. The summed E-state index contributed by atoms with van der Waals surface area (Å²) >= 11 is 0. The monoisotopic (exact) mass is 399 g/mol. The summed E-state index contributed by atoms with van der Waals surface area (Å²) in [4.78, 5) is 36.5. The number of nitrogens with two attached hydrogens (primary N) is 1. The van der Waals surface area contributed by atoms with Crippen molar-refractivity contribution < 1.29 is 19.1 Å². The quantitative estimate of drug-likeness (QED) is 0.767. The summed E-state index contributed by atoms with van der Waals surface area (Å²) in [5, 5.41) is 0. The Morgan fingerprint density at radius 1 is 1.38 bits per heavy atom. The first-order valence-corrected chi connectivity index (χ1v) is 9.23.